The number of hydrogen-bond acceptors (Lipinski definition) is 5. The van der Waals surface area contributed by atoms with E-state index in [4.69, 9.17) is 4.74 Å². The van der Waals surface area contributed by atoms with Crippen LogP contribution in [0.3, 0.4) is 0 Å². The predicted octanol–water partition coefficient (Wildman–Crippen LogP) is 2.69. The number of para-hydroxylation sites is 1. The summed E-state index contributed by atoms with van der Waals surface area (Å²) >= 11 is 0. The van der Waals surface area contributed by atoms with Gasteiger partial charge in [0.25, 0.3) is 0 Å². The first kappa shape index (κ1) is 22.3. The second-order valence-corrected chi connectivity index (χ2v) is 8.06. The van der Waals surface area contributed by atoms with Crippen molar-refractivity contribution in [3.05, 3.63) is 77.9 Å². The van der Waals surface area contributed by atoms with Crippen LogP contribution < -0.4 is 10.1 Å². The van der Waals surface area contributed by atoms with E-state index in [2.05, 4.69) is 10.3 Å². The van der Waals surface area contributed by atoms with E-state index in [1.54, 1.807) is 60.3 Å². The number of likely N-dealkylation sites (tertiary alicyclic amines) is 1. The van der Waals surface area contributed by atoms with Crippen molar-refractivity contribution in [3.63, 3.8) is 0 Å². The zero-order valence-electron chi connectivity index (χ0n) is 18.7. The van der Waals surface area contributed by atoms with Crippen LogP contribution >= 0.6 is 0 Å². The van der Waals surface area contributed by atoms with Gasteiger partial charge in [0, 0.05) is 50.2 Å². The first-order valence-electron chi connectivity index (χ1n) is 10.8. The summed E-state index contributed by atoms with van der Waals surface area (Å²) in [5.74, 6) is 0.179. The first-order valence-corrected chi connectivity index (χ1v) is 10.8. The number of ether oxygens (including phenoxy) is 1. The van der Waals surface area contributed by atoms with Gasteiger partial charge in [0.2, 0.25) is 17.6 Å². The van der Waals surface area contributed by atoms with Gasteiger partial charge < -0.3 is 19.5 Å². The van der Waals surface area contributed by atoms with Crippen molar-refractivity contribution in [1.82, 2.24) is 14.5 Å². The molecule has 1 fully saturated rings. The number of benzene rings is 2. The Morgan fingerprint density at radius 2 is 2.00 bits per heavy atom. The molecule has 8 heteroatoms. The van der Waals surface area contributed by atoms with Gasteiger partial charge in [-0.3, -0.25) is 14.4 Å². The monoisotopic (exact) mass is 446 g/mol. The number of carbonyl (C=O) groups excluding carboxylic acids is 3. The molecule has 0 aliphatic carbocycles. The average Bonchev–Trinajstić information content (AvgIpc) is 3.42. The Labute approximate surface area is 192 Å². The minimum absolute atomic E-state index is 0.0382. The second-order valence-electron chi connectivity index (χ2n) is 8.06. The van der Waals surface area contributed by atoms with Gasteiger partial charge in [-0.05, 0) is 30.2 Å². The molecule has 1 N–H and O–H groups in total. The maximum absolute atomic E-state index is 12.8. The summed E-state index contributed by atoms with van der Waals surface area (Å²) in [6.07, 6.45) is 4.09. The topological polar surface area (TPSA) is 93.5 Å². The Morgan fingerprint density at radius 1 is 1.18 bits per heavy atom. The molecule has 2 aromatic carbocycles. The number of amides is 2. The smallest absolute Gasteiger partial charge is 0.229 e. The van der Waals surface area contributed by atoms with Gasteiger partial charge in [0.05, 0.1) is 13.0 Å². The van der Waals surface area contributed by atoms with Crippen molar-refractivity contribution >= 4 is 23.3 Å². The van der Waals surface area contributed by atoms with Gasteiger partial charge in [0.15, 0.2) is 5.82 Å². The number of aryl methyl sites for hydroxylation is 1. The summed E-state index contributed by atoms with van der Waals surface area (Å²) in [6, 6.07) is 14.5. The molecule has 1 unspecified atom stereocenters. The van der Waals surface area contributed by atoms with E-state index in [1.807, 2.05) is 24.3 Å². The van der Waals surface area contributed by atoms with E-state index < -0.39 is 5.92 Å². The first-order chi connectivity index (χ1) is 16.0. The number of nitrogens with zero attached hydrogens (tertiary/aromatic N) is 3. The number of nitrogens with one attached hydrogen (secondary N) is 1. The molecule has 1 aliphatic rings. The zero-order valence-corrected chi connectivity index (χ0v) is 18.7. The fourth-order valence-corrected chi connectivity index (χ4v) is 4.02. The van der Waals surface area contributed by atoms with E-state index >= 15 is 0 Å². The number of imidazole rings is 1. The number of carbonyl (C=O) groups is 3. The summed E-state index contributed by atoms with van der Waals surface area (Å²) in [5, 5.41) is 2.85. The molecule has 4 rings (SSSR count). The normalized spacial score (nSPS) is 15.5. The van der Waals surface area contributed by atoms with Crippen LogP contribution in [-0.2, 0) is 23.1 Å². The molecule has 1 aromatic heterocycles. The summed E-state index contributed by atoms with van der Waals surface area (Å²) < 4.78 is 7.02. The number of hydrogen-bond donors (Lipinski definition) is 1. The molecule has 0 spiro atoms. The molecule has 1 saturated heterocycles. The van der Waals surface area contributed by atoms with Crippen molar-refractivity contribution in [2.45, 2.75) is 12.8 Å². The van der Waals surface area contributed by atoms with Crippen LogP contribution in [-0.4, -0.2) is 52.2 Å². The van der Waals surface area contributed by atoms with Gasteiger partial charge in [-0.1, -0.05) is 30.3 Å². The lowest BCUT2D eigenvalue weighted by Crippen LogP contribution is -2.30. The van der Waals surface area contributed by atoms with Crippen LogP contribution in [0.15, 0.2) is 60.9 Å². The highest BCUT2D eigenvalue weighted by molar-refractivity contribution is 6.07. The summed E-state index contributed by atoms with van der Waals surface area (Å²) in [7, 11) is 3.38. The largest absolute Gasteiger partial charge is 0.496 e. The lowest BCUT2D eigenvalue weighted by atomic mass is 10.1. The van der Waals surface area contributed by atoms with Gasteiger partial charge in [-0.25, -0.2) is 4.98 Å². The van der Waals surface area contributed by atoms with Gasteiger partial charge >= 0.3 is 0 Å². The molecular formula is C25H26N4O4. The molecular weight excluding hydrogens is 420 g/mol. The van der Waals surface area contributed by atoms with E-state index in [0.717, 1.165) is 11.3 Å². The van der Waals surface area contributed by atoms with Crippen LogP contribution in [0.4, 0.5) is 5.69 Å². The lowest BCUT2D eigenvalue weighted by Gasteiger charge is -2.17. The Bertz CT molecular complexity index is 1190. The Kier molecular flexibility index (Phi) is 6.53. The minimum Gasteiger partial charge on any atom is -0.496 e. The summed E-state index contributed by atoms with van der Waals surface area (Å²) in [6.45, 7) is 0.891. The van der Waals surface area contributed by atoms with Crippen molar-refractivity contribution in [1.29, 1.82) is 0 Å². The van der Waals surface area contributed by atoms with E-state index in [0.29, 0.717) is 36.6 Å². The molecule has 1 atom stereocenters. The Hall–Kier alpha value is -3.94. The summed E-state index contributed by atoms with van der Waals surface area (Å²) in [4.78, 5) is 43.8. The van der Waals surface area contributed by atoms with Crippen molar-refractivity contribution in [2.24, 2.45) is 13.0 Å². The van der Waals surface area contributed by atoms with Crippen LogP contribution in [0.5, 0.6) is 5.75 Å². The van der Waals surface area contributed by atoms with Crippen LogP contribution in [0, 0.1) is 5.92 Å². The molecule has 0 radical (unpaired) electrons. The number of rotatable bonds is 8. The molecule has 1 aliphatic heterocycles. The molecule has 8 nitrogen and oxygen atoms in total. The fourth-order valence-electron chi connectivity index (χ4n) is 4.02. The quantitative estimate of drug-likeness (QED) is 0.537. The minimum atomic E-state index is -0.441. The molecule has 2 heterocycles. The number of anilines is 1. The Morgan fingerprint density at radius 3 is 2.76 bits per heavy atom. The number of ketones is 1. The molecule has 0 bridgehead atoms. The highest BCUT2D eigenvalue weighted by atomic mass is 16.5. The highest BCUT2D eigenvalue weighted by Gasteiger charge is 2.34. The maximum atomic E-state index is 12.8. The Balaban J connectivity index is 1.37. The van der Waals surface area contributed by atoms with Gasteiger partial charge in [-0.2, -0.15) is 0 Å². The third kappa shape index (κ3) is 4.95. The average molecular weight is 447 g/mol. The standard InChI is InChI=1S/C25H26N4O4/c1-28-13-11-26-24(28)23(31)18-7-5-8-20(14-18)27-25(32)19-15-22(30)29(16-19)12-10-17-6-3-4-9-21(17)33-2/h3-9,11,13-14,19H,10,12,15-16H2,1-2H3,(H,27,32). The van der Waals surface area contributed by atoms with Crippen molar-refractivity contribution in [2.75, 3.05) is 25.5 Å². The molecule has 3 aromatic rings. The summed E-state index contributed by atoms with van der Waals surface area (Å²) in [5.41, 5.74) is 1.97. The third-order valence-corrected chi connectivity index (χ3v) is 5.85. The van der Waals surface area contributed by atoms with Crippen LogP contribution in [0.1, 0.15) is 28.2 Å². The lowest BCUT2D eigenvalue weighted by molar-refractivity contribution is -0.128. The maximum Gasteiger partial charge on any atom is 0.229 e. The van der Waals surface area contributed by atoms with Gasteiger partial charge in [-0.15, -0.1) is 0 Å². The van der Waals surface area contributed by atoms with Gasteiger partial charge in [0.1, 0.15) is 5.75 Å². The van der Waals surface area contributed by atoms with E-state index in [-0.39, 0.29) is 24.0 Å². The SMILES string of the molecule is COc1ccccc1CCN1CC(C(=O)Nc2cccc(C(=O)c3nccn3C)c2)CC1=O. The van der Waals surface area contributed by atoms with Crippen molar-refractivity contribution in [3.8, 4) is 5.75 Å². The fraction of sp³-hybridized carbons (Fsp3) is 0.280. The second kappa shape index (κ2) is 9.68. The predicted molar refractivity (Wildman–Crippen MR) is 123 cm³/mol. The molecule has 2 amide bonds. The molecule has 170 valence electrons. The highest BCUT2D eigenvalue weighted by Crippen LogP contribution is 2.23. The number of methoxy groups -OCH3 is 1. The van der Waals surface area contributed by atoms with E-state index in [1.165, 1.54) is 0 Å². The molecule has 33 heavy (non-hydrogen) atoms. The molecule has 0 saturated carbocycles. The van der Waals surface area contributed by atoms with Crippen molar-refractivity contribution < 1.29 is 19.1 Å². The third-order valence-electron chi connectivity index (χ3n) is 5.85. The zero-order chi connectivity index (χ0) is 23.4. The van der Waals surface area contributed by atoms with Crippen LogP contribution in [0.25, 0.3) is 0 Å². The van der Waals surface area contributed by atoms with Crippen LogP contribution in [0.2, 0.25) is 0 Å². The number of aromatic nitrogens is 2. The van der Waals surface area contributed by atoms with E-state index in [9.17, 15) is 14.4 Å².